The van der Waals surface area contributed by atoms with Gasteiger partial charge in [-0.05, 0) is 117 Å². The maximum Gasteiger partial charge on any atom is 0.126 e. The van der Waals surface area contributed by atoms with E-state index in [9.17, 15) is 0 Å². The third-order valence-corrected chi connectivity index (χ3v) is 6.53. The Labute approximate surface area is 204 Å². The Morgan fingerprint density at radius 1 is 0.576 bits per heavy atom. The third-order valence-electron chi connectivity index (χ3n) is 6.53. The van der Waals surface area contributed by atoms with Gasteiger partial charge in [-0.2, -0.15) is 0 Å². The molecule has 1 aromatic carbocycles. The minimum atomic E-state index is 0.873. The van der Waals surface area contributed by atoms with Crippen LogP contribution < -0.4 is 9.47 Å². The molecule has 0 saturated carbocycles. The summed E-state index contributed by atoms with van der Waals surface area (Å²) in [4.78, 5) is 0. The maximum absolute atomic E-state index is 5.77. The molecule has 2 heteroatoms. The van der Waals surface area contributed by atoms with E-state index in [1.807, 2.05) is 0 Å². The summed E-state index contributed by atoms with van der Waals surface area (Å²) in [6.07, 6.45) is 17.2. The number of ether oxygens (including phenoxy) is 2. The zero-order valence-electron chi connectivity index (χ0n) is 23.1. The molecule has 0 heterocycles. The predicted octanol–water partition coefficient (Wildman–Crippen LogP) is 9.32. The molecule has 0 spiro atoms. The smallest absolute Gasteiger partial charge is 0.126 e. The van der Waals surface area contributed by atoms with Gasteiger partial charge in [0.1, 0.15) is 11.5 Å². The first-order valence-electron chi connectivity index (χ1n) is 12.4. The van der Waals surface area contributed by atoms with Gasteiger partial charge in [0.05, 0.1) is 14.2 Å². The molecule has 2 nitrogen and oxygen atoms in total. The molecular formula is C31H48O2. The molecule has 0 atom stereocenters. The van der Waals surface area contributed by atoms with Crippen molar-refractivity contribution >= 4 is 0 Å². The maximum atomic E-state index is 5.77. The van der Waals surface area contributed by atoms with Gasteiger partial charge in [-0.15, -0.1) is 0 Å². The first kappa shape index (κ1) is 28.8. The fourth-order valence-corrected chi connectivity index (χ4v) is 4.25. The van der Waals surface area contributed by atoms with Crippen LogP contribution in [0.4, 0.5) is 0 Å². The van der Waals surface area contributed by atoms with Crippen molar-refractivity contribution in [1.29, 1.82) is 0 Å². The third kappa shape index (κ3) is 9.66. The van der Waals surface area contributed by atoms with Gasteiger partial charge >= 0.3 is 0 Å². The van der Waals surface area contributed by atoms with Crippen LogP contribution in [0.3, 0.4) is 0 Å². The summed E-state index contributed by atoms with van der Waals surface area (Å²) in [5, 5.41) is 0. The molecule has 0 N–H and O–H groups in total. The molecule has 0 radical (unpaired) electrons. The van der Waals surface area contributed by atoms with Crippen LogP contribution in [0.2, 0.25) is 0 Å². The van der Waals surface area contributed by atoms with Gasteiger partial charge in [-0.3, -0.25) is 0 Å². The lowest BCUT2D eigenvalue weighted by atomic mass is 9.94. The fourth-order valence-electron chi connectivity index (χ4n) is 4.25. The summed E-state index contributed by atoms with van der Waals surface area (Å²) in [6.45, 7) is 17.5. The molecule has 0 amide bonds. The van der Waals surface area contributed by atoms with E-state index in [-0.39, 0.29) is 0 Å². The van der Waals surface area contributed by atoms with Gasteiger partial charge in [0.25, 0.3) is 0 Å². The minimum absolute atomic E-state index is 0.873. The quantitative estimate of drug-likeness (QED) is 0.278. The summed E-state index contributed by atoms with van der Waals surface area (Å²) < 4.78 is 11.4. The van der Waals surface area contributed by atoms with Crippen LogP contribution in [0.15, 0.2) is 46.6 Å². The van der Waals surface area contributed by atoms with E-state index in [1.54, 1.807) is 14.2 Å². The van der Waals surface area contributed by atoms with Gasteiger partial charge < -0.3 is 9.47 Å². The van der Waals surface area contributed by atoms with E-state index in [0.717, 1.165) is 55.6 Å². The van der Waals surface area contributed by atoms with Crippen LogP contribution in [0.25, 0.3) is 0 Å². The Hall–Kier alpha value is -2.22. The predicted molar refractivity (Wildman–Crippen MR) is 146 cm³/mol. The fraction of sp³-hybridized carbons (Fsp3) is 0.548. The van der Waals surface area contributed by atoms with Crippen molar-refractivity contribution in [3.63, 3.8) is 0 Å². The van der Waals surface area contributed by atoms with E-state index >= 15 is 0 Å². The molecule has 1 rings (SSSR count). The van der Waals surface area contributed by atoms with Crippen molar-refractivity contribution < 1.29 is 9.47 Å². The molecule has 0 aliphatic heterocycles. The lowest BCUT2D eigenvalue weighted by Crippen LogP contribution is -2.03. The highest BCUT2D eigenvalue weighted by Gasteiger charge is 2.17. The van der Waals surface area contributed by atoms with Gasteiger partial charge in [-0.25, -0.2) is 0 Å². The average molecular weight is 453 g/mol. The molecule has 1 aromatic rings. The van der Waals surface area contributed by atoms with Gasteiger partial charge in [0.2, 0.25) is 0 Å². The van der Waals surface area contributed by atoms with E-state index < -0.39 is 0 Å². The van der Waals surface area contributed by atoms with E-state index in [1.165, 1.54) is 45.4 Å². The normalized spacial score (nSPS) is 12.7. The van der Waals surface area contributed by atoms with Crippen molar-refractivity contribution in [1.82, 2.24) is 0 Å². The van der Waals surface area contributed by atoms with Crippen molar-refractivity contribution in [3.05, 3.63) is 68.9 Å². The molecule has 0 aliphatic rings. The Morgan fingerprint density at radius 2 is 1.00 bits per heavy atom. The highest BCUT2D eigenvalue weighted by Crippen LogP contribution is 2.38. The molecule has 184 valence electrons. The number of hydrogen-bond donors (Lipinski definition) is 0. The summed E-state index contributed by atoms with van der Waals surface area (Å²) >= 11 is 0. The molecule has 0 aliphatic carbocycles. The second-order valence-corrected chi connectivity index (χ2v) is 9.67. The lowest BCUT2D eigenvalue weighted by molar-refractivity contribution is 0.391. The summed E-state index contributed by atoms with van der Waals surface area (Å²) in [6, 6.07) is 0. The van der Waals surface area contributed by atoms with Crippen molar-refractivity contribution in [2.75, 3.05) is 14.2 Å². The van der Waals surface area contributed by atoms with Crippen LogP contribution in [-0.2, 0) is 6.42 Å². The first-order chi connectivity index (χ1) is 15.6. The van der Waals surface area contributed by atoms with Gasteiger partial charge in [-0.1, -0.05) is 46.6 Å². The van der Waals surface area contributed by atoms with Crippen LogP contribution >= 0.6 is 0 Å². The van der Waals surface area contributed by atoms with Crippen molar-refractivity contribution in [3.8, 4) is 11.5 Å². The van der Waals surface area contributed by atoms with E-state index in [2.05, 4.69) is 79.7 Å². The van der Waals surface area contributed by atoms with Crippen LogP contribution in [0.1, 0.15) is 95.4 Å². The van der Waals surface area contributed by atoms with Crippen LogP contribution in [-0.4, -0.2) is 14.2 Å². The number of benzene rings is 1. The zero-order valence-corrected chi connectivity index (χ0v) is 23.1. The van der Waals surface area contributed by atoms with E-state index in [0.29, 0.717) is 0 Å². The molecule has 0 unspecified atom stereocenters. The van der Waals surface area contributed by atoms with Gasteiger partial charge in [0, 0.05) is 5.56 Å². The standard InChI is InChI=1S/C31H48O2/c1-22(2)14-11-15-23(3)16-12-17-24(4)18-13-19-25(5)20-21-29-28(8)30(32-9)26(6)27(7)31(29)33-10/h14,16,18,20H,11-13,15,17,19,21H2,1-10H3/b23-16+,24-18+,25-20+. The summed E-state index contributed by atoms with van der Waals surface area (Å²) in [7, 11) is 3.52. The molecule has 0 fully saturated rings. The van der Waals surface area contributed by atoms with Crippen LogP contribution in [0, 0.1) is 20.8 Å². The SMILES string of the molecule is COc1c(C)c(C)c(OC)c(C/C=C(\C)CC/C=C(\C)CC/C=C(\C)CCC=C(C)C)c1C. The Morgan fingerprint density at radius 3 is 1.45 bits per heavy atom. The van der Waals surface area contributed by atoms with Gasteiger partial charge in [0.15, 0.2) is 0 Å². The minimum Gasteiger partial charge on any atom is -0.496 e. The highest BCUT2D eigenvalue weighted by molar-refractivity contribution is 5.58. The monoisotopic (exact) mass is 452 g/mol. The number of rotatable bonds is 13. The van der Waals surface area contributed by atoms with Crippen LogP contribution in [0.5, 0.6) is 11.5 Å². The largest absolute Gasteiger partial charge is 0.496 e. The zero-order chi connectivity index (χ0) is 25.0. The Kier molecular flexibility index (Phi) is 13.0. The van der Waals surface area contributed by atoms with E-state index in [4.69, 9.17) is 9.47 Å². The molecule has 0 bridgehead atoms. The first-order valence-corrected chi connectivity index (χ1v) is 12.4. The number of methoxy groups -OCH3 is 2. The Balaban J connectivity index is 2.63. The topological polar surface area (TPSA) is 18.5 Å². The van der Waals surface area contributed by atoms with Crippen molar-refractivity contribution in [2.24, 2.45) is 0 Å². The summed E-state index contributed by atoms with van der Waals surface area (Å²) in [5.41, 5.74) is 10.6. The highest BCUT2D eigenvalue weighted by atomic mass is 16.5. The second-order valence-electron chi connectivity index (χ2n) is 9.67. The lowest BCUT2D eigenvalue weighted by Gasteiger charge is -2.20. The average Bonchev–Trinajstić information content (AvgIpc) is 2.75. The number of allylic oxidation sites excluding steroid dienone is 8. The molecular weight excluding hydrogens is 404 g/mol. The summed E-state index contributed by atoms with van der Waals surface area (Å²) in [5.74, 6) is 1.98. The second kappa shape index (κ2) is 14.8. The Bertz CT molecular complexity index is 890. The molecule has 0 aromatic heterocycles. The van der Waals surface area contributed by atoms with Crippen molar-refractivity contribution in [2.45, 2.75) is 100 Å². The number of hydrogen-bond acceptors (Lipinski definition) is 2. The molecule has 0 saturated heterocycles. The molecule has 33 heavy (non-hydrogen) atoms.